The first-order valence-corrected chi connectivity index (χ1v) is 7.46. The summed E-state index contributed by atoms with van der Waals surface area (Å²) in [6.07, 6.45) is 1.22. The molecule has 0 aliphatic carbocycles. The maximum absolute atomic E-state index is 12.3. The number of methoxy groups -OCH3 is 2. The Morgan fingerprint density at radius 1 is 1.33 bits per heavy atom. The Kier molecular flexibility index (Phi) is 4.01. The monoisotopic (exact) mass is 396 g/mol. The lowest BCUT2D eigenvalue weighted by Crippen LogP contribution is -2.19. The number of aromatic amines is 1. The predicted octanol–water partition coefficient (Wildman–Crippen LogP) is 0.630. The van der Waals surface area contributed by atoms with Crippen LogP contribution in [0.1, 0.15) is 5.69 Å². The van der Waals surface area contributed by atoms with Gasteiger partial charge in [-0.15, -0.1) is 0 Å². The zero-order valence-corrected chi connectivity index (χ0v) is 14.3. The second kappa shape index (κ2) is 6.00. The molecule has 0 amide bonds. The Morgan fingerprint density at radius 3 is 2.71 bits per heavy atom. The second-order valence-electron chi connectivity index (χ2n) is 4.74. The van der Waals surface area contributed by atoms with E-state index in [0.717, 1.165) is 0 Å². The van der Waals surface area contributed by atoms with Crippen molar-refractivity contribution in [1.82, 2.24) is 24.5 Å². The summed E-state index contributed by atoms with van der Waals surface area (Å²) in [7, 11) is 2.81. The second-order valence-corrected chi connectivity index (χ2v) is 5.50. The van der Waals surface area contributed by atoms with Crippen molar-refractivity contribution < 1.29 is 14.6 Å². The minimum Gasteiger partial charge on any atom is -0.503 e. The van der Waals surface area contributed by atoms with Gasteiger partial charge < -0.3 is 25.3 Å². The average molecular weight is 397 g/mol. The number of nitrogen functional groups attached to an aromatic ring is 1. The molecule has 0 atom stereocenters. The number of H-pyrrole nitrogens is 1. The van der Waals surface area contributed by atoms with Crippen LogP contribution in [0, 0.1) is 0 Å². The van der Waals surface area contributed by atoms with Gasteiger partial charge in [-0.3, -0.25) is 9.55 Å². The molecule has 0 unspecified atom stereocenters. The summed E-state index contributed by atoms with van der Waals surface area (Å²) in [5.41, 5.74) is 6.34. The van der Waals surface area contributed by atoms with Gasteiger partial charge in [0.25, 0.3) is 0 Å². The number of aromatic hydroxyl groups is 1. The van der Waals surface area contributed by atoms with Crippen LogP contribution in [0.5, 0.6) is 17.2 Å². The predicted molar refractivity (Wildman–Crippen MR) is 88.4 cm³/mol. The fraction of sp³-hybridized carbons (Fsp3) is 0.231. The number of hydrogen-bond donors (Lipinski definition) is 3. The summed E-state index contributed by atoms with van der Waals surface area (Å²) in [5, 5.41) is 9.79. The van der Waals surface area contributed by atoms with Crippen LogP contribution in [0.15, 0.2) is 15.6 Å². The maximum atomic E-state index is 12.3. The van der Waals surface area contributed by atoms with Gasteiger partial charge in [-0.05, 0) is 15.9 Å². The molecule has 0 spiro atoms. The third-order valence-electron chi connectivity index (χ3n) is 3.36. The molecule has 11 heteroatoms. The number of fused-ring (bicyclic) bond motifs is 1. The van der Waals surface area contributed by atoms with E-state index in [9.17, 15) is 9.90 Å². The van der Waals surface area contributed by atoms with Crippen LogP contribution < -0.4 is 20.9 Å². The molecule has 0 radical (unpaired) electrons. The molecule has 3 aromatic heterocycles. The molecule has 0 aliphatic rings. The third-order valence-corrected chi connectivity index (χ3v) is 3.93. The highest BCUT2D eigenvalue weighted by atomic mass is 79.9. The number of rotatable bonds is 4. The van der Waals surface area contributed by atoms with Crippen molar-refractivity contribution in [2.45, 2.75) is 6.54 Å². The van der Waals surface area contributed by atoms with Gasteiger partial charge in [0, 0.05) is 0 Å². The van der Waals surface area contributed by atoms with E-state index in [1.807, 2.05) is 0 Å². The van der Waals surface area contributed by atoms with Crippen LogP contribution in [-0.2, 0) is 6.54 Å². The van der Waals surface area contributed by atoms with E-state index in [4.69, 9.17) is 15.2 Å². The number of nitrogens with two attached hydrogens (primary N) is 1. The molecule has 3 rings (SSSR count). The molecule has 3 heterocycles. The Labute approximate surface area is 143 Å². The molecule has 0 aromatic carbocycles. The van der Waals surface area contributed by atoms with Crippen molar-refractivity contribution in [3.8, 4) is 17.2 Å². The number of nitrogens with zero attached hydrogens (tertiary/aromatic N) is 4. The quantitative estimate of drug-likeness (QED) is 0.545. The van der Waals surface area contributed by atoms with Crippen LogP contribution in [0.2, 0.25) is 0 Å². The molecule has 3 aromatic rings. The van der Waals surface area contributed by atoms with Crippen LogP contribution in [0.25, 0.3) is 11.2 Å². The summed E-state index contributed by atoms with van der Waals surface area (Å²) in [4.78, 5) is 27.0. The lowest BCUT2D eigenvalue weighted by atomic mass is 10.2. The summed E-state index contributed by atoms with van der Waals surface area (Å²) < 4.78 is 12.1. The van der Waals surface area contributed by atoms with Crippen molar-refractivity contribution in [3.05, 3.63) is 27.0 Å². The van der Waals surface area contributed by atoms with E-state index in [1.165, 1.54) is 25.0 Å². The number of halogens is 1. The van der Waals surface area contributed by atoms with Crippen molar-refractivity contribution in [1.29, 1.82) is 0 Å². The smallest absolute Gasteiger partial charge is 0.328 e. The first kappa shape index (κ1) is 16.1. The number of aromatic nitrogens is 5. The third kappa shape index (κ3) is 2.52. The Balaban J connectivity index is 2.18. The molecule has 10 nitrogen and oxygen atoms in total. The van der Waals surface area contributed by atoms with Gasteiger partial charge in [0.2, 0.25) is 11.7 Å². The number of imidazole rings is 1. The van der Waals surface area contributed by atoms with E-state index < -0.39 is 5.69 Å². The molecule has 0 saturated heterocycles. The van der Waals surface area contributed by atoms with Gasteiger partial charge >= 0.3 is 5.69 Å². The van der Waals surface area contributed by atoms with Crippen LogP contribution in [0.4, 0.5) is 5.95 Å². The van der Waals surface area contributed by atoms with Gasteiger partial charge in [-0.2, -0.15) is 4.98 Å². The average Bonchev–Trinajstić information content (AvgIpc) is 2.85. The first-order chi connectivity index (χ1) is 11.5. The lowest BCUT2D eigenvalue weighted by molar-refractivity contribution is 0.327. The zero-order chi connectivity index (χ0) is 17.4. The summed E-state index contributed by atoms with van der Waals surface area (Å²) in [6.45, 7) is 0.0293. The molecule has 0 fully saturated rings. The van der Waals surface area contributed by atoms with E-state index in [-0.39, 0.29) is 29.7 Å². The Bertz CT molecular complexity index is 983. The van der Waals surface area contributed by atoms with E-state index in [0.29, 0.717) is 21.5 Å². The topological polar surface area (TPSA) is 141 Å². The van der Waals surface area contributed by atoms with Crippen molar-refractivity contribution in [2.75, 3.05) is 20.0 Å². The van der Waals surface area contributed by atoms with Gasteiger partial charge in [0.1, 0.15) is 15.8 Å². The zero-order valence-electron chi connectivity index (χ0n) is 12.7. The van der Waals surface area contributed by atoms with Crippen LogP contribution in [0.3, 0.4) is 0 Å². The highest BCUT2D eigenvalue weighted by molar-refractivity contribution is 9.10. The van der Waals surface area contributed by atoms with Crippen molar-refractivity contribution in [3.63, 3.8) is 0 Å². The highest BCUT2D eigenvalue weighted by Gasteiger charge is 2.20. The maximum Gasteiger partial charge on any atom is 0.328 e. The number of ether oxygens (including phenoxy) is 2. The molecule has 24 heavy (non-hydrogen) atoms. The van der Waals surface area contributed by atoms with Crippen molar-refractivity contribution in [2.24, 2.45) is 0 Å². The molecule has 0 aliphatic heterocycles. The SMILES string of the molecule is COc1c(O)cnc(Cn2c(=O)[nH]c3c(Br)nc(N)nc32)c1OC. The van der Waals surface area contributed by atoms with Crippen LogP contribution >= 0.6 is 15.9 Å². The molecular weight excluding hydrogens is 384 g/mol. The minimum atomic E-state index is -0.415. The standard InChI is InChI=1S/C13H13BrN6O4/c1-23-8-5(16-3-6(21)9(8)24-2)4-20-11-7(17-13(20)22)10(14)18-12(15)19-11/h3,21H,4H2,1-2H3,(H,17,22)(H2,15,18,19). The van der Waals surface area contributed by atoms with Gasteiger partial charge in [0.05, 0.1) is 27.0 Å². The molecular formula is C13H13BrN6O4. The minimum absolute atomic E-state index is 0.0188. The van der Waals surface area contributed by atoms with Gasteiger partial charge in [-0.1, -0.05) is 0 Å². The Morgan fingerprint density at radius 2 is 2.04 bits per heavy atom. The number of hydrogen-bond acceptors (Lipinski definition) is 8. The normalized spacial score (nSPS) is 11.0. The summed E-state index contributed by atoms with van der Waals surface area (Å²) >= 11 is 3.23. The first-order valence-electron chi connectivity index (χ1n) is 6.66. The fourth-order valence-electron chi connectivity index (χ4n) is 2.33. The van der Waals surface area contributed by atoms with Crippen molar-refractivity contribution >= 4 is 33.0 Å². The van der Waals surface area contributed by atoms with Gasteiger partial charge in [0.15, 0.2) is 17.1 Å². The summed E-state index contributed by atoms with van der Waals surface area (Å²) in [5.74, 6) is 0.203. The van der Waals surface area contributed by atoms with E-state index in [1.54, 1.807) is 0 Å². The largest absolute Gasteiger partial charge is 0.503 e. The lowest BCUT2D eigenvalue weighted by Gasteiger charge is -2.13. The fourth-order valence-corrected chi connectivity index (χ4v) is 2.79. The summed E-state index contributed by atoms with van der Waals surface area (Å²) in [6, 6.07) is 0. The molecule has 4 N–H and O–H groups in total. The number of nitrogens with one attached hydrogen (secondary N) is 1. The molecule has 126 valence electrons. The number of pyridine rings is 1. The van der Waals surface area contributed by atoms with E-state index in [2.05, 4.69) is 35.9 Å². The molecule has 0 bridgehead atoms. The van der Waals surface area contributed by atoms with Crippen LogP contribution in [-0.4, -0.2) is 43.8 Å². The van der Waals surface area contributed by atoms with Gasteiger partial charge in [-0.25, -0.2) is 9.78 Å². The Hall–Kier alpha value is -2.82. The highest BCUT2D eigenvalue weighted by Crippen LogP contribution is 2.37. The molecule has 0 saturated carbocycles. The van der Waals surface area contributed by atoms with E-state index >= 15 is 0 Å². The number of anilines is 1.